The number of aromatic hydroxyl groups is 2. The Kier molecular flexibility index (Phi) is 9.91. The molecule has 3 aromatic rings. The number of carbonyl (C=O) groups is 5. The van der Waals surface area contributed by atoms with Crippen LogP contribution < -0.4 is 10.1 Å². The number of halogens is 3. The molecule has 0 saturated carbocycles. The zero-order chi connectivity index (χ0) is 40.3. The zero-order valence-electron chi connectivity index (χ0n) is 29.0. The molecule has 290 valence electrons. The molecule has 3 unspecified atom stereocenters. The van der Waals surface area contributed by atoms with Crippen LogP contribution in [0.4, 0.5) is 18.9 Å². The van der Waals surface area contributed by atoms with Crippen molar-refractivity contribution >= 4 is 34.9 Å². The Hall–Kier alpha value is -5.92. The van der Waals surface area contributed by atoms with Crippen LogP contribution in [0.15, 0.2) is 42.5 Å². The molecule has 0 aromatic heterocycles. The van der Waals surface area contributed by atoms with Crippen molar-refractivity contribution in [2.45, 2.75) is 75.5 Å². The molecule has 6 atom stereocenters. The van der Waals surface area contributed by atoms with E-state index in [0.29, 0.717) is 0 Å². The highest BCUT2D eigenvalue weighted by molar-refractivity contribution is 6.31. The number of amides is 1. The standard InChI is InChI=1S/C36H31F3N2O14/c1-14-32(55-33(47)16-7-9-17(10-8-16)41(50)51)20(40-34(48)36(37,38)39)11-23(53-14)54-22-13-35(49,15(2)42)12-19-25(22)31(46)27-26(29(19)44)28(43)18-5-4-6-21(52-3)24(18)30(27)45/h4-10,14,20,22-23,32,44,46,49H,11-13H2,1-3H3,(H,40,48)/t14?,20?,22-,23+,32-,35?/m1/s1. The van der Waals surface area contributed by atoms with E-state index in [1.807, 2.05) is 0 Å². The third-order valence-electron chi connectivity index (χ3n) is 9.85. The number of non-ortho nitro benzene ring substituents is 1. The number of nitro benzene ring substituents is 1. The maximum Gasteiger partial charge on any atom is 0.471 e. The SMILES string of the molecule is COc1cccc2c1C(=O)c1c(O)c3c(c(O)c1C2=O)CC(O)(C(C)=O)C[C@H]3O[C@H]1CC(NC(=O)C(F)(F)F)[C@H](OC(=O)c2ccc([N+](=O)[O-])cc2)C(C)O1. The number of nitrogens with one attached hydrogen (secondary N) is 1. The van der Waals surface area contributed by atoms with Crippen molar-refractivity contribution in [3.05, 3.63) is 91.5 Å². The number of Topliss-reactive ketones (excluding diaryl/α,β-unsaturated/α-hetero) is 1. The fourth-order valence-electron chi connectivity index (χ4n) is 7.09. The molecule has 1 fully saturated rings. The Labute approximate surface area is 307 Å². The van der Waals surface area contributed by atoms with Gasteiger partial charge in [-0.05, 0) is 32.0 Å². The number of phenolic OH excluding ortho intramolecular Hbond substituents is 2. The maximum atomic E-state index is 13.9. The average Bonchev–Trinajstić information content (AvgIpc) is 3.12. The van der Waals surface area contributed by atoms with Crippen LogP contribution in [0.25, 0.3) is 0 Å². The summed E-state index contributed by atoms with van der Waals surface area (Å²) < 4.78 is 63.0. The largest absolute Gasteiger partial charge is 0.507 e. The number of methoxy groups -OCH3 is 1. The van der Waals surface area contributed by atoms with E-state index < -0.39 is 118 Å². The first-order chi connectivity index (χ1) is 25.8. The van der Waals surface area contributed by atoms with E-state index in [4.69, 9.17) is 18.9 Å². The molecule has 0 bridgehead atoms. The lowest BCUT2D eigenvalue weighted by Crippen LogP contribution is -2.59. The Balaban J connectivity index is 1.37. The maximum absolute atomic E-state index is 13.9. The van der Waals surface area contributed by atoms with E-state index in [-0.39, 0.29) is 39.3 Å². The molecule has 55 heavy (non-hydrogen) atoms. The van der Waals surface area contributed by atoms with Gasteiger partial charge in [-0.25, -0.2) is 4.79 Å². The van der Waals surface area contributed by atoms with E-state index in [2.05, 4.69) is 0 Å². The van der Waals surface area contributed by atoms with E-state index in [1.165, 1.54) is 32.2 Å². The van der Waals surface area contributed by atoms with Gasteiger partial charge in [0.1, 0.15) is 29.0 Å². The molecule has 3 aromatic carbocycles. The van der Waals surface area contributed by atoms with Crippen LogP contribution in [0.5, 0.6) is 17.2 Å². The van der Waals surface area contributed by atoms with Crippen molar-refractivity contribution in [2.24, 2.45) is 0 Å². The summed E-state index contributed by atoms with van der Waals surface area (Å²) in [5.74, 6) is -7.87. The molecule has 6 rings (SSSR count). The molecule has 0 spiro atoms. The van der Waals surface area contributed by atoms with Gasteiger partial charge in [0.15, 0.2) is 17.9 Å². The van der Waals surface area contributed by atoms with E-state index in [9.17, 15) is 62.6 Å². The predicted octanol–water partition coefficient (Wildman–Crippen LogP) is 3.52. The van der Waals surface area contributed by atoms with Gasteiger partial charge >= 0.3 is 18.1 Å². The van der Waals surface area contributed by atoms with Crippen molar-refractivity contribution in [1.29, 1.82) is 0 Å². The molecule has 19 heteroatoms. The van der Waals surface area contributed by atoms with Crippen LogP contribution in [0.1, 0.15) is 86.1 Å². The van der Waals surface area contributed by atoms with Crippen molar-refractivity contribution in [3.63, 3.8) is 0 Å². The first-order valence-corrected chi connectivity index (χ1v) is 16.5. The van der Waals surface area contributed by atoms with Gasteiger partial charge < -0.3 is 39.6 Å². The minimum Gasteiger partial charge on any atom is -0.507 e. The van der Waals surface area contributed by atoms with Crippen LogP contribution in [0, 0.1) is 10.1 Å². The summed E-state index contributed by atoms with van der Waals surface area (Å²) in [6.07, 6.45) is -13.6. The minimum absolute atomic E-state index is 0.0164. The molecule has 2 aliphatic carbocycles. The molecule has 1 amide bonds. The van der Waals surface area contributed by atoms with E-state index in [0.717, 1.165) is 31.2 Å². The summed E-state index contributed by atoms with van der Waals surface area (Å²) in [4.78, 5) is 75.8. The van der Waals surface area contributed by atoms with Crippen LogP contribution in [-0.2, 0) is 30.2 Å². The minimum atomic E-state index is -5.39. The lowest BCUT2D eigenvalue weighted by molar-refractivity contribution is -0.384. The molecule has 1 heterocycles. The third-order valence-corrected chi connectivity index (χ3v) is 9.85. The van der Waals surface area contributed by atoms with Gasteiger partial charge in [0.2, 0.25) is 5.78 Å². The number of alkyl halides is 3. The summed E-state index contributed by atoms with van der Waals surface area (Å²) in [5.41, 5.74) is -5.15. The Morgan fingerprint density at radius 1 is 1.02 bits per heavy atom. The molecule has 3 aliphatic rings. The second-order valence-electron chi connectivity index (χ2n) is 13.2. The molecule has 1 aliphatic heterocycles. The monoisotopic (exact) mass is 772 g/mol. The van der Waals surface area contributed by atoms with Crippen LogP contribution >= 0.6 is 0 Å². The number of benzene rings is 3. The number of hydrogen-bond acceptors (Lipinski definition) is 14. The van der Waals surface area contributed by atoms with Gasteiger partial charge in [0, 0.05) is 48.1 Å². The number of aliphatic hydroxyl groups is 1. The first kappa shape index (κ1) is 38.8. The highest BCUT2D eigenvalue weighted by Crippen LogP contribution is 2.52. The summed E-state index contributed by atoms with van der Waals surface area (Å²) in [6.45, 7) is 2.30. The topological polar surface area (TPSA) is 238 Å². The number of nitrogens with zero attached hydrogens (tertiary/aromatic N) is 1. The fraction of sp³-hybridized carbons (Fsp3) is 0.361. The second kappa shape index (κ2) is 14.1. The highest BCUT2D eigenvalue weighted by atomic mass is 19.4. The molecule has 1 saturated heterocycles. The Bertz CT molecular complexity index is 2150. The lowest BCUT2D eigenvalue weighted by atomic mass is 9.72. The van der Waals surface area contributed by atoms with Gasteiger partial charge in [-0.15, -0.1) is 0 Å². The normalized spacial score (nSPS) is 24.5. The quantitative estimate of drug-likeness (QED) is 0.0868. The number of ether oxygens (including phenoxy) is 4. The van der Waals surface area contributed by atoms with Gasteiger partial charge in [-0.3, -0.25) is 29.3 Å². The smallest absolute Gasteiger partial charge is 0.471 e. The van der Waals surface area contributed by atoms with Crippen LogP contribution in [-0.4, -0.2) is 92.9 Å². The van der Waals surface area contributed by atoms with Crippen molar-refractivity contribution < 1.29 is 76.3 Å². The summed E-state index contributed by atoms with van der Waals surface area (Å²) >= 11 is 0. The van der Waals surface area contributed by atoms with Gasteiger partial charge in [0.25, 0.3) is 5.69 Å². The van der Waals surface area contributed by atoms with Gasteiger partial charge in [-0.1, -0.05) is 12.1 Å². The first-order valence-electron chi connectivity index (χ1n) is 16.5. The summed E-state index contributed by atoms with van der Waals surface area (Å²) in [6, 6.07) is 6.56. The summed E-state index contributed by atoms with van der Waals surface area (Å²) in [5, 5.41) is 47.5. The van der Waals surface area contributed by atoms with Crippen molar-refractivity contribution in [1.82, 2.24) is 5.32 Å². The number of rotatable bonds is 8. The highest BCUT2D eigenvalue weighted by Gasteiger charge is 2.51. The van der Waals surface area contributed by atoms with Crippen molar-refractivity contribution in [3.8, 4) is 17.2 Å². The van der Waals surface area contributed by atoms with Gasteiger partial charge in [0.05, 0.1) is 52.5 Å². The van der Waals surface area contributed by atoms with E-state index in [1.54, 1.807) is 5.32 Å². The molecule has 16 nitrogen and oxygen atoms in total. The number of phenols is 2. The van der Waals surface area contributed by atoms with Crippen molar-refractivity contribution in [2.75, 3.05) is 7.11 Å². The number of fused-ring (bicyclic) bond motifs is 3. The number of carbonyl (C=O) groups excluding carboxylic acids is 5. The van der Waals surface area contributed by atoms with Crippen LogP contribution in [0.2, 0.25) is 0 Å². The van der Waals surface area contributed by atoms with Crippen LogP contribution in [0.3, 0.4) is 0 Å². The zero-order valence-corrected chi connectivity index (χ0v) is 29.0. The molecule has 4 N–H and O–H groups in total. The number of ketones is 3. The van der Waals surface area contributed by atoms with Gasteiger partial charge in [-0.2, -0.15) is 13.2 Å². The fourth-order valence-corrected chi connectivity index (χ4v) is 7.09. The third kappa shape index (κ3) is 6.85. The second-order valence-corrected chi connectivity index (χ2v) is 13.2. The molecular formula is C36H31F3N2O14. The summed E-state index contributed by atoms with van der Waals surface area (Å²) in [7, 11) is 1.25. The molecular weight excluding hydrogens is 741 g/mol. The Morgan fingerprint density at radius 3 is 2.27 bits per heavy atom. The number of nitro groups is 1. The van der Waals surface area contributed by atoms with E-state index >= 15 is 0 Å². The predicted molar refractivity (Wildman–Crippen MR) is 177 cm³/mol. The lowest BCUT2D eigenvalue weighted by Gasteiger charge is -2.43. The average molecular weight is 773 g/mol. The number of hydrogen-bond donors (Lipinski definition) is 4. The Morgan fingerprint density at radius 2 is 1.67 bits per heavy atom. The molecule has 0 radical (unpaired) electrons. The number of esters is 1.